The van der Waals surface area contributed by atoms with E-state index in [2.05, 4.69) is 26.0 Å². The lowest BCUT2D eigenvalue weighted by Gasteiger charge is -2.09. The lowest BCUT2D eigenvalue weighted by atomic mass is 10.2. The Hall–Kier alpha value is -1.77. The number of halogens is 2. The quantitative estimate of drug-likeness (QED) is 0.730. The number of sulfonamides is 1. The third kappa shape index (κ3) is 5.40. The van der Waals surface area contributed by atoms with Crippen LogP contribution in [0.1, 0.15) is 12.0 Å². The van der Waals surface area contributed by atoms with E-state index in [1.165, 1.54) is 18.2 Å². The molecule has 0 aliphatic rings. The van der Waals surface area contributed by atoms with Gasteiger partial charge in [0.05, 0.1) is 4.90 Å². The predicted molar refractivity (Wildman–Crippen MR) is 92.2 cm³/mol. The normalized spacial score (nSPS) is 11.2. The van der Waals surface area contributed by atoms with E-state index in [1.54, 1.807) is 30.3 Å². The molecule has 0 atom stereocenters. The minimum atomic E-state index is -3.68. The summed E-state index contributed by atoms with van der Waals surface area (Å²) in [7, 11) is -3.68. The van der Waals surface area contributed by atoms with E-state index in [4.69, 9.17) is 0 Å². The molecule has 1 amide bonds. The number of carbonyl (C=O) groups is 1. The molecule has 0 bridgehead atoms. The average molecular weight is 415 g/mol. The van der Waals surface area contributed by atoms with Crippen LogP contribution >= 0.6 is 15.9 Å². The highest BCUT2D eigenvalue weighted by Crippen LogP contribution is 2.20. The van der Waals surface area contributed by atoms with E-state index in [1.807, 2.05) is 0 Å². The molecule has 0 aliphatic carbocycles. The minimum absolute atomic E-state index is 0.00484. The van der Waals surface area contributed by atoms with Gasteiger partial charge in [0, 0.05) is 24.0 Å². The van der Waals surface area contributed by atoms with E-state index >= 15 is 0 Å². The van der Waals surface area contributed by atoms with E-state index in [0.717, 1.165) is 5.56 Å². The second-order valence-electron chi connectivity index (χ2n) is 4.98. The molecule has 128 valence electrons. The monoisotopic (exact) mass is 414 g/mol. The molecule has 0 aliphatic heterocycles. The van der Waals surface area contributed by atoms with Crippen molar-refractivity contribution in [3.63, 3.8) is 0 Å². The SMILES string of the molecule is O=C(CCNS(=O)(=O)c1ccccc1Br)NCc1ccc(F)cc1. The molecule has 2 aromatic rings. The Bertz CT molecular complexity index is 810. The van der Waals surface area contributed by atoms with Crippen molar-refractivity contribution in [1.29, 1.82) is 0 Å². The van der Waals surface area contributed by atoms with Gasteiger partial charge in [0.2, 0.25) is 15.9 Å². The molecule has 24 heavy (non-hydrogen) atoms. The van der Waals surface area contributed by atoms with Crippen LogP contribution in [0.4, 0.5) is 4.39 Å². The van der Waals surface area contributed by atoms with Crippen LogP contribution in [0.15, 0.2) is 57.9 Å². The van der Waals surface area contributed by atoms with E-state index in [-0.39, 0.29) is 36.1 Å². The summed E-state index contributed by atoms with van der Waals surface area (Å²) >= 11 is 3.18. The molecule has 0 saturated heterocycles. The maximum absolute atomic E-state index is 12.8. The molecule has 2 aromatic carbocycles. The Morgan fingerprint density at radius 1 is 1.08 bits per heavy atom. The van der Waals surface area contributed by atoms with Gasteiger partial charge in [-0.05, 0) is 45.8 Å². The van der Waals surface area contributed by atoms with Crippen molar-refractivity contribution in [3.05, 3.63) is 64.4 Å². The number of hydrogen-bond donors (Lipinski definition) is 2. The van der Waals surface area contributed by atoms with E-state index in [9.17, 15) is 17.6 Å². The molecule has 0 aromatic heterocycles. The molecule has 5 nitrogen and oxygen atoms in total. The van der Waals surface area contributed by atoms with Crippen molar-refractivity contribution in [2.24, 2.45) is 0 Å². The van der Waals surface area contributed by atoms with Gasteiger partial charge in [0.1, 0.15) is 5.82 Å². The first-order chi connectivity index (χ1) is 11.4. The van der Waals surface area contributed by atoms with Crippen LogP contribution < -0.4 is 10.0 Å². The lowest BCUT2D eigenvalue weighted by Crippen LogP contribution is -2.30. The van der Waals surface area contributed by atoms with Gasteiger partial charge in [-0.3, -0.25) is 4.79 Å². The van der Waals surface area contributed by atoms with Gasteiger partial charge in [-0.1, -0.05) is 24.3 Å². The molecular weight excluding hydrogens is 399 g/mol. The molecular formula is C16H16BrFN2O3S. The highest BCUT2D eigenvalue weighted by atomic mass is 79.9. The van der Waals surface area contributed by atoms with E-state index in [0.29, 0.717) is 4.47 Å². The number of rotatable bonds is 7. The number of hydrogen-bond acceptors (Lipinski definition) is 3. The Labute approximate surface area is 148 Å². The molecule has 0 radical (unpaired) electrons. The first kappa shape index (κ1) is 18.6. The maximum atomic E-state index is 12.8. The number of carbonyl (C=O) groups excluding carboxylic acids is 1. The third-order valence-corrected chi connectivity index (χ3v) is 5.65. The molecule has 0 spiro atoms. The summed E-state index contributed by atoms with van der Waals surface area (Å²) in [6.07, 6.45) is 0.00484. The Morgan fingerprint density at radius 3 is 2.42 bits per heavy atom. The van der Waals surface area contributed by atoms with Gasteiger partial charge in [-0.15, -0.1) is 0 Å². The van der Waals surface area contributed by atoms with Crippen molar-refractivity contribution in [2.45, 2.75) is 17.9 Å². The Kier molecular flexibility index (Phi) is 6.47. The van der Waals surface area contributed by atoms with Crippen molar-refractivity contribution in [2.75, 3.05) is 6.54 Å². The number of nitrogens with one attached hydrogen (secondary N) is 2. The lowest BCUT2D eigenvalue weighted by molar-refractivity contribution is -0.121. The van der Waals surface area contributed by atoms with Gasteiger partial charge in [-0.25, -0.2) is 17.5 Å². The van der Waals surface area contributed by atoms with E-state index < -0.39 is 10.0 Å². The predicted octanol–water partition coefficient (Wildman–Crippen LogP) is 2.57. The second-order valence-corrected chi connectivity index (χ2v) is 7.57. The van der Waals surface area contributed by atoms with Crippen LogP contribution in [0.2, 0.25) is 0 Å². The fourth-order valence-corrected chi connectivity index (χ4v) is 3.96. The largest absolute Gasteiger partial charge is 0.352 e. The van der Waals surface area contributed by atoms with Crippen molar-refractivity contribution in [1.82, 2.24) is 10.0 Å². The first-order valence-corrected chi connectivity index (χ1v) is 9.41. The second kappa shape index (κ2) is 8.36. The molecule has 2 N–H and O–H groups in total. The van der Waals surface area contributed by atoms with Gasteiger partial charge in [0.15, 0.2) is 0 Å². The van der Waals surface area contributed by atoms with Crippen molar-refractivity contribution >= 4 is 31.9 Å². The summed E-state index contributed by atoms with van der Waals surface area (Å²) in [5.41, 5.74) is 0.763. The first-order valence-electron chi connectivity index (χ1n) is 7.14. The highest BCUT2D eigenvalue weighted by Gasteiger charge is 2.16. The smallest absolute Gasteiger partial charge is 0.241 e. The van der Waals surface area contributed by atoms with Crippen molar-refractivity contribution in [3.8, 4) is 0 Å². The van der Waals surface area contributed by atoms with Crippen LogP contribution in [-0.4, -0.2) is 20.9 Å². The van der Waals surface area contributed by atoms with Crippen LogP contribution in [-0.2, 0) is 21.4 Å². The molecule has 0 saturated carbocycles. The topological polar surface area (TPSA) is 75.3 Å². The number of amides is 1. The summed E-state index contributed by atoms with van der Waals surface area (Å²) in [6.45, 7) is 0.245. The van der Waals surface area contributed by atoms with Crippen LogP contribution in [0.25, 0.3) is 0 Å². The fraction of sp³-hybridized carbons (Fsp3) is 0.188. The zero-order valence-corrected chi connectivity index (χ0v) is 15.0. The summed E-state index contributed by atoms with van der Waals surface area (Å²) in [5, 5.41) is 2.65. The van der Waals surface area contributed by atoms with Crippen molar-refractivity contribution < 1.29 is 17.6 Å². The molecule has 8 heteroatoms. The third-order valence-electron chi connectivity index (χ3n) is 3.17. The van der Waals surface area contributed by atoms with Gasteiger partial charge in [-0.2, -0.15) is 0 Å². The highest BCUT2D eigenvalue weighted by molar-refractivity contribution is 9.10. The molecule has 2 rings (SSSR count). The zero-order chi connectivity index (χ0) is 17.6. The molecule has 0 heterocycles. The van der Waals surface area contributed by atoms with Crippen LogP contribution in [0.3, 0.4) is 0 Å². The zero-order valence-electron chi connectivity index (χ0n) is 12.6. The fourth-order valence-electron chi connectivity index (χ4n) is 1.93. The minimum Gasteiger partial charge on any atom is -0.352 e. The summed E-state index contributed by atoms with van der Waals surface area (Å²) in [6, 6.07) is 12.2. The van der Waals surface area contributed by atoms with Crippen LogP contribution in [0.5, 0.6) is 0 Å². The summed E-state index contributed by atoms with van der Waals surface area (Å²) < 4.78 is 39.9. The standard InChI is InChI=1S/C16H16BrFN2O3S/c17-14-3-1-2-4-15(14)24(22,23)20-10-9-16(21)19-11-12-5-7-13(18)8-6-12/h1-8,20H,9-11H2,(H,19,21). The summed E-state index contributed by atoms with van der Waals surface area (Å²) in [5.74, 6) is -0.638. The molecule has 0 fully saturated rings. The number of benzene rings is 2. The average Bonchev–Trinajstić information content (AvgIpc) is 2.54. The van der Waals surface area contributed by atoms with Gasteiger partial charge in [0.25, 0.3) is 0 Å². The maximum Gasteiger partial charge on any atom is 0.241 e. The molecule has 0 unspecified atom stereocenters. The summed E-state index contributed by atoms with van der Waals surface area (Å²) in [4.78, 5) is 11.9. The van der Waals surface area contributed by atoms with Gasteiger partial charge < -0.3 is 5.32 Å². The van der Waals surface area contributed by atoms with Crippen LogP contribution in [0, 0.1) is 5.82 Å². The Balaban J connectivity index is 1.80. The Morgan fingerprint density at radius 2 is 1.75 bits per heavy atom. The van der Waals surface area contributed by atoms with Gasteiger partial charge >= 0.3 is 0 Å².